The van der Waals surface area contributed by atoms with Gasteiger partial charge < -0.3 is 14.8 Å². The summed E-state index contributed by atoms with van der Waals surface area (Å²) in [5, 5.41) is 7.72. The Labute approximate surface area is 211 Å². The zero-order valence-electron chi connectivity index (χ0n) is 18.0. The molecule has 34 heavy (non-hydrogen) atoms. The van der Waals surface area contributed by atoms with Crippen LogP contribution in [-0.4, -0.2) is 24.6 Å². The Morgan fingerprint density at radius 3 is 2.38 bits per heavy atom. The molecule has 0 aromatic heterocycles. The van der Waals surface area contributed by atoms with E-state index in [1.54, 1.807) is 60.7 Å². The predicted molar refractivity (Wildman–Crippen MR) is 134 cm³/mol. The minimum Gasteiger partial charge on any atom is -0.492 e. The molecule has 0 heterocycles. The zero-order chi connectivity index (χ0) is 24.5. The first-order valence-corrected chi connectivity index (χ1v) is 11.2. The van der Waals surface area contributed by atoms with Gasteiger partial charge in [-0.15, -0.1) is 0 Å². The van der Waals surface area contributed by atoms with Gasteiger partial charge >= 0.3 is 11.8 Å². The fraction of sp³-hybridized carbons (Fsp3) is 0.125. The van der Waals surface area contributed by atoms with Gasteiger partial charge in [0.15, 0.2) is 0 Å². The van der Waals surface area contributed by atoms with Gasteiger partial charge in [-0.3, -0.25) is 9.59 Å². The van der Waals surface area contributed by atoms with Crippen molar-refractivity contribution in [3.05, 3.63) is 86.9 Å². The van der Waals surface area contributed by atoms with Crippen molar-refractivity contribution >= 4 is 58.5 Å². The van der Waals surface area contributed by atoms with E-state index in [2.05, 4.69) is 15.8 Å². The van der Waals surface area contributed by atoms with E-state index < -0.39 is 11.8 Å². The first-order chi connectivity index (χ1) is 16.4. The third-order valence-corrected chi connectivity index (χ3v) is 5.36. The van der Waals surface area contributed by atoms with Gasteiger partial charge in [0.25, 0.3) is 0 Å². The SMILES string of the molecule is CCOc1ccccc1NC(=O)C(=O)N/N=C\c1cc(Cl)ccc1OCc1c(Cl)cccc1Cl. The summed E-state index contributed by atoms with van der Waals surface area (Å²) in [5.41, 5.74) is 3.65. The predicted octanol–water partition coefficient (Wildman–Crippen LogP) is 5.71. The average molecular weight is 521 g/mol. The Kier molecular flexibility index (Phi) is 9.16. The second-order valence-electron chi connectivity index (χ2n) is 6.75. The summed E-state index contributed by atoms with van der Waals surface area (Å²) < 4.78 is 11.3. The average Bonchev–Trinajstić information content (AvgIpc) is 2.81. The van der Waals surface area contributed by atoms with Crippen LogP contribution in [0.3, 0.4) is 0 Å². The number of nitrogens with zero attached hydrogens (tertiary/aromatic N) is 1. The number of carbonyl (C=O) groups is 2. The van der Waals surface area contributed by atoms with Crippen molar-refractivity contribution in [2.45, 2.75) is 13.5 Å². The number of anilines is 1. The van der Waals surface area contributed by atoms with Crippen LogP contribution in [0.15, 0.2) is 65.8 Å². The highest BCUT2D eigenvalue weighted by Crippen LogP contribution is 2.28. The molecule has 3 aromatic carbocycles. The molecule has 0 saturated carbocycles. The van der Waals surface area contributed by atoms with Crippen LogP contribution < -0.4 is 20.2 Å². The van der Waals surface area contributed by atoms with Gasteiger partial charge in [0.1, 0.15) is 18.1 Å². The molecule has 7 nitrogen and oxygen atoms in total. The van der Waals surface area contributed by atoms with Crippen molar-refractivity contribution < 1.29 is 19.1 Å². The molecule has 0 aliphatic rings. The molecule has 0 spiro atoms. The van der Waals surface area contributed by atoms with Gasteiger partial charge in [-0.05, 0) is 49.4 Å². The van der Waals surface area contributed by atoms with E-state index in [4.69, 9.17) is 44.3 Å². The molecule has 3 aromatic rings. The third-order valence-electron chi connectivity index (χ3n) is 4.42. The Morgan fingerprint density at radius 1 is 0.912 bits per heavy atom. The normalized spacial score (nSPS) is 10.7. The third kappa shape index (κ3) is 6.87. The largest absolute Gasteiger partial charge is 0.492 e. The molecule has 0 aliphatic carbocycles. The number of amides is 2. The molecule has 0 atom stereocenters. The number of hydrogen-bond donors (Lipinski definition) is 2. The van der Waals surface area contributed by atoms with Crippen LogP contribution in [0, 0.1) is 0 Å². The molecule has 2 N–H and O–H groups in total. The molecule has 176 valence electrons. The summed E-state index contributed by atoms with van der Waals surface area (Å²) >= 11 is 18.5. The molecule has 3 rings (SSSR count). The fourth-order valence-electron chi connectivity index (χ4n) is 2.81. The van der Waals surface area contributed by atoms with Gasteiger partial charge in [-0.2, -0.15) is 5.10 Å². The lowest BCUT2D eigenvalue weighted by Crippen LogP contribution is -2.32. The van der Waals surface area contributed by atoms with Crippen LogP contribution >= 0.6 is 34.8 Å². The maximum atomic E-state index is 12.2. The molecule has 0 unspecified atom stereocenters. The van der Waals surface area contributed by atoms with Crippen LogP contribution in [0.5, 0.6) is 11.5 Å². The van der Waals surface area contributed by atoms with Crippen LogP contribution in [0.4, 0.5) is 5.69 Å². The zero-order valence-corrected chi connectivity index (χ0v) is 20.2. The quantitative estimate of drug-likeness (QED) is 0.226. The summed E-state index contributed by atoms with van der Waals surface area (Å²) in [6.07, 6.45) is 1.31. The Morgan fingerprint density at radius 2 is 1.65 bits per heavy atom. The maximum absolute atomic E-state index is 12.2. The van der Waals surface area contributed by atoms with Crippen LogP contribution in [-0.2, 0) is 16.2 Å². The molecular formula is C24H20Cl3N3O4. The van der Waals surface area contributed by atoms with Crippen molar-refractivity contribution in [2.24, 2.45) is 5.10 Å². The lowest BCUT2D eigenvalue weighted by Gasteiger charge is -2.12. The summed E-state index contributed by atoms with van der Waals surface area (Å²) in [6, 6.07) is 16.8. The lowest BCUT2D eigenvalue weighted by molar-refractivity contribution is -0.136. The van der Waals surface area contributed by atoms with E-state index in [0.29, 0.717) is 50.0 Å². The van der Waals surface area contributed by atoms with E-state index >= 15 is 0 Å². The summed E-state index contributed by atoms with van der Waals surface area (Å²) in [4.78, 5) is 24.4. The maximum Gasteiger partial charge on any atom is 0.329 e. The Bertz CT molecular complexity index is 1200. The number of ether oxygens (including phenoxy) is 2. The first-order valence-electron chi connectivity index (χ1n) is 10.1. The molecule has 0 saturated heterocycles. The minimum atomic E-state index is -0.963. The summed E-state index contributed by atoms with van der Waals surface area (Å²) in [6.45, 7) is 2.34. The number of carbonyl (C=O) groups excluding carboxylic acids is 2. The van der Waals surface area contributed by atoms with Gasteiger partial charge in [0, 0.05) is 26.2 Å². The van der Waals surface area contributed by atoms with Gasteiger partial charge in [-0.25, -0.2) is 5.43 Å². The standard InChI is InChI=1S/C24H20Cl3N3O4/c1-2-33-22-9-4-3-8-20(22)29-23(31)24(32)30-28-13-15-12-16(25)10-11-21(15)34-14-17-18(26)6-5-7-19(17)27/h3-13H,2,14H2,1H3,(H,29,31)(H,30,32)/b28-13-. The van der Waals surface area contributed by atoms with Crippen molar-refractivity contribution in [1.29, 1.82) is 0 Å². The molecule has 2 amide bonds. The highest BCUT2D eigenvalue weighted by Gasteiger charge is 2.15. The second-order valence-corrected chi connectivity index (χ2v) is 8.00. The van der Waals surface area contributed by atoms with Crippen LogP contribution in [0.1, 0.15) is 18.1 Å². The number of para-hydroxylation sites is 2. The molecule has 10 heteroatoms. The van der Waals surface area contributed by atoms with E-state index in [1.807, 2.05) is 6.92 Å². The highest BCUT2D eigenvalue weighted by atomic mass is 35.5. The van der Waals surface area contributed by atoms with Crippen molar-refractivity contribution in [1.82, 2.24) is 5.43 Å². The number of hydrogen-bond acceptors (Lipinski definition) is 5. The molecule has 0 radical (unpaired) electrons. The number of rotatable bonds is 8. The minimum absolute atomic E-state index is 0.106. The Balaban J connectivity index is 1.65. The second kappa shape index (κ2) is 12.3. The van der Waals surface area contributed by atoms with E-state index in [-0.39, 0.29) is 6.61 Å². The molecule has 0 aliphatic heterocycles. The van der Waals surface area contributed by atoms with Crippen LogP contribution in [0.25, 0.3) is 0 Å². The number of halogens is 3. The van der Waals surface area contributed by atoms with Crippen molar-refractivity contribution in [2.75, 3.05) is 11.9 Å². The smallest absolute Gasteiger partial charge is 0.329 e. The number of hydrazone groups is 1. The van der Waals surface area contributed by atoms with E-state index in [9.17, 15) is 9.59 Å². The van der Waals surface area contributed by atoms with E-state index in [1.165, 1.54) is 6.21 Å². The number of nitrogens with one attached hydrogen (secondary N) is 2. The van der Waals surface area contributed by atoms with Gasteiger partial charge in [-0.1, -0.05) is 53.0 Å². The van der Waals surface area contributed by atoms with Crippen molar-refractivity contribution in [3.8, 4) is 11.5 Å². The molecule has 0 bridgehead atoms. The summed E-state index contributed by atoms with van der Waals surface area (Å²) in [7, 11) is 0. The lowest BCUT2D eigenvalue weighted by atomic mass is 10.2. The monoisotopic (exact) mass is 519 g/mol. The van der Waals surface area contributed by atoms with E-state index in [0.717, 1.165) is 0 Å². The van der Waals surface area contributed by atoms with Crippen molar-refractivity contribution in [3.63, 3.8) is 0 Å². The summed E-state index contributed by atoms with van der Waals surface area (Å²) in [5.74, 6) is -0.988. The molecular weight excluding hydrogens is 501 g/mol. The van der Waals surface area contributed by atoms with Gasteiger partial charge in [0.2, 0.25) is 0 Å². The Hall–Kier alpha value is -3.26. The molecule has 0 fully saturated rings. The topological polar surface area (TPSA) is 89.0 Å². The number of benzene rings is 3. The van der Waals surface area contributed by atoms with Gasteiger partial charge in [0.05, 0.1) is 18.5 Å². The highest BCUT2D eigenvalue weighted by molar-refractivity contribution is 6.39. The fourth-order valence-corrected chi connectivity index (χ4v) is 3.50. The first kappa shape index (κ1) is 25.4. The van der Waals surface area contributed by atoms with Crippen LogP contribution in [0.2, 0.25) is 15.1 Å².